The van der Waals surface area contributed by atoms with Gasteiger partial charge in [-0.15, -0.1) is 0 Å². The van der Waals surface area contributed by atoms with Crippen LogP contribution in [-0.2, 0) is 61.8 Å². The number of amides is 8. The summed E-state index contributed by atoms with van der Waals surface area (Å²) in [5.74, 6) is -4.87. The number of anilines is 2. The number of guanidine groups is 2. The van der Waals surface area contributed by atoms with Gasteiger partial charge in [0.05, 0.1) is 5.56 Å². The minimum atomic E-state index is -1.60. The zero-order valence-corrected chi connectivity index (χ0v) is 53.5. The number of carbonyl (C=O) groups is 9. The third-order valence-corrected chi connectivity index (χ3v) is 16.9. The van der Waals surface area contributed by atoms with Gasteiger partial charge >= 0.3 is 18.2 Å². The number of likely N-dealkylation sites (tertiary alicyclic amines) is 2. The van der Waals surface area contributed by atoms with E-state index < -0.39 is 95.5 Å². The fraction of sp³-hybridized carbons (Fsp3) is 0.397. The summed E-state index contributed by atoms with van der Waals surface area (Å²) in [7, 11) is 0. The highest BCUT2D eigenvalue weighted by molar-refractivity contribution is 6.02. The molecule has 0 saturated carbocycles. The van der Waals surface area contributed by atoms with E-state index in [4.69, 9.17) is 41.9 Å². The number of benzene rings is 5. The van der Waals surface area contributed by atoms with E-state index in [9.17, 15) is 43.2 Å². The predicted octanol–water partition coefficient (Wildman–Crippen LogP) is 5.09. The van der Waals surface area contributed by atoms with Crippen LogP contribution in [0.3, 0.4) is 0 Å². The Morgan fingerprint density at radius 3 is 1.40 bits per heavy atom. The molecule has 0 aromatic heterocycles. The van der Waals surface area contributed by atoms with E-state index in [0.717, 1.165) is 11.1 Å². The highest BCUT2D eigenvalue weighted by Gasteiger charge is 2.54. The van der Waals surface area contributed by atoms with Crippen LogP contribution >= 0.6 is 0 Å². The van der Waals surface area contributed by atoms with E-state index in [1.807, 2.05) is 36.4 Å². The summed E-state index contributed by atoms with van der Waals surface area (Å²) >= 11 is 0. The van der Waals surface area contributed by atoms with Crippen LogP contribution in [0.25, 0.3) is 0 Å². The molecular weight excluding hydrogens is 1220 g/mol. The molecule has 95 heavy (non-hydrogen) atoms. The second kappa shape index (κ2) is 31.3. The van der Waals surface area contributed by atoms with Crippen molar-refractivity contribution >= 4 is 76.9 Å². The van der Waals surface area contributed by atoms with E-state index in [0.29, 0.717) is 35.1 Å². The van der Waals surface area contributed by atoms with Crippen molar-refractivity contribution in [1.82, 2.24) is 31.1 Å². The van der Waals surface area contributed by atoms with Crippen LogP contribution in [-0.4, -0.2) is 138 Å². The van der Waals surface area contributed by atoms with Gasteiger partial charge in [-0.05, 0) is 105 Å². The summed E-state index contributed by atoms with van der Waals surface area (Å²) in [5.41, 5.74) is 24.4. The molecule has 4 aliphatic rings. The number of hydrogen-bond acceptors (Lipinski definition) is 15. The van der Waals surface area contributed by atoms with E-state index in [-0.39, 0.29) is 125 Å². The molecule has 0 unspecified atom stereocenters. The molecule has 4 heterocycles. The maximum Gasteiger partial charge on any atom is 0.408 e. The maximum absolute atomic E-state index is 14.6. The molecular formula is C68H82N14O13. The molecule has 8 amide bonds. The maximum atomic E-state index is 14.6. The Bertz CT molecular complexity index is 3500. The van der Waals surface area contributed by atoms with Crippen LogP contribution in [0.4, 0.5) is 21.0 Å². The predicted molar refractivity (Wildman–Crippen MR) is 352 cm³/mol. The SMILES string of the molecule is CC(C)[C@H](NC(=O)OCc1ccccc1)C(=O)N1CCC[C@H]1C(=O)N[C@@H](CCCN=C(N)N)C(=O)Nc1ccc2c(c1)Oc1cc(NC(=O)[C@H](CCCN=C(N)N)NC(=O)[C@@H]3CCCN3C(=O)[C@@H](NC(=O)OCc3ccccc3)C(C)C)ccc1C21OC(=O)c2ccccc21. The van der Waals surface area contributed by atoms with Crippen molar-refractivity contribution in [3.63, 3.8) is 0 Å². The second-order valence-electron chi connectivity index (χ2n) is 24.4. The van der Waals surface area contributed by atoms with Crippen LogP contribution in [0, 0.1) is 11.8 Å². The van der Waals surface area contributed by atoms with Crippen molar-refractivity contribution in [3.8, 4) is 11.5 Å². The molecule has 1 spiro atoms. The number of fused-ring (bicyclic) bond motifs is 6. The van der Waals surface area contributed by atoms with Crippen LogP contribution in [0.1, 0.15) is 117 Å². The minimum Gasteiger partial charge on any atom is -0.456 e. The van der Waals surface area contributed by atoms with Crippen LogP contribution in [0.15, 0.2) is 131 Å². The lowest BCUT2D eigenvalue weighted by Gasteiger charge is -2.37. The first-order valence-corrected chi connectivity index (χ1v) is 31.8. The molecule has 27 heteroatoms. The second-order valence-corrected chi connectivity index (χ2v) is 24.4. The molecule has 2 saturated heterocycles. The van der Waals surface area contributed by atoms with Gasteiger partial charge in [0.25, 0.3) is 0 Å². The average Bonchev–Trinajstić information content (AvgIpc) is 1.62. The molecule has 9 rings (SSSR count). The summed E-state index contributed by atoms with van der Waals surface area (Å²) < 4.78 is 23.9. The van der Waals surface area contributed by atoms with Crippen molar-refractivity contribution in [2.45, 2.75) is 134 Å². The lowest BCUT2D eigenvalue weighted by Crippen LogP contribution is -2.57. The monoisotopic (exact) mass is 1300 g/mol. The van der Waals surface area contributed by atoms with Crippen molar-refractivity contribution in [3.05, 3.63) is 155 Å². The van der Waals surface area contributed by atoms with Gasteiger partial charge in [-0.2, -0.15) is 0 Å². The third kappa shape index (κ3) is 16.7. The topological polar surface area (TPSA) is 398 Å². The van der Waals surface area contributed by atoms with Crippen LogP contribution in [0.5, 0.6) is 11.5 Å². The van der Waals surface area contributed by atoms with Gasteiger partial charge in [-0.25, -0.2) is 14.4 Å². The highest BCUT2D eigenvalue weighted by atomic mass is 16.6. The van der Waals surface area contributed by atoms with Gasteiger partial charge in [0.15, 0.2) is 17.5 Å². The first kappa shape index (κ1) is 68.6. The van der Waals surface area contributed by atoms with Crippen LogP contribution in [0.2, 0.25) is 0 Å². The number of aliphatic imine (C=N–C) groups is 2. The Labute approximate surface area is 549 Å². The molecule has 5 aromatic carbocycles. The van der Waals surface area contributed by atoms with E-state index in [1.54, 1.807) is 100 Å². The quantitative estimate of drug-likeness (QED) is 0.0113. The molecule has 0 bridgehead atoms. The Hall–Kier alpha value is -10.7. The summed E-state index contributed by atoms with van der Waals surface area (Å²) in [6.45, 7) is 7.73. The minimum absolute atomic E-state index is 0.0168. The fourth-order valence-corrected chi connectivity index (χ4v) is 12.1. The van der Waals surface area contributed by atoms with Gasteiger partial charge < -0.3 is 83.6 Å². The Morgan fingerprint density at radius 1 is 0.558 bits per heavy atom. The first-order valence-electron chi connectivity index (χ1n) is 31.8. The van der Waals surface area contributed by atoms with E-state index in [1.165, 1.54) is 21.9 Å². The van der Waals surface area contributed by atoms with Crippen LogP contribution < -0.4 is 59.6 Å². The number of ether oxygens (including phenoxy) is 4. The van der Waals surface area contributed by atoms with Gasteiger partial charge in [0, 0.05) is 66.4 Å². The lowest BCUT2D eigenvalue weighted by atomic mass is 9.77. The zero-order valence-electron chi connectivity index (χ0n) is 53.5. The van der Waals surface area contributed by atoms with Crippen molar-refractivity contribution in [2.75, 3.05) is 36.8 Å². The molecule has 14 N–H and O–H groups in total. The van der Waals surface area contributed by atoms with E-state index >= 15 is 0 Å². The Kier molecular flexibility index (Phi) is 22.6. The molecule has 27 nitrogen and oxygen atoms in total. The summed E-state index contributed by atoms with van der Waals surface area (Å²) in [6.07, 6.45) is 0.544. The highest BCUT2D eigenvalue weighted by Crippen LogP contribution is 2.57. The number of esters is 1. The zero-order chi connectivity index (χ0) is 67.9. The van der Waals surface area contributed by atoms with Gasteiger partial charge in [-0.3, -0.25) is 38.8 Å². The summed E-state index contributed by atoms with van der Waals surface area (Å²) in [4.78, 5) is 137. The number of alkyl carbamates (subject to hydrolysis) is 2. The van der Waals surface area contributed by atoms with Gasteiger partial charge in [0.1, 0.15) is 61.0 Å². The molecule has 5 aromatic rings. The molecule has 502 valence electrons. The average molecular weight is 1300 g/mol. The molecule has 6 atom stereocenters. The smallest absolute Gasteiger partial charge is 0.408 e. The number of nitrogens with two attached hydrogens (primary N) is 4. The summed E-state index contributed by atoms with van der Waals surface area (Å²) in [5, 5.41) is 16.9. The van der Waals surface area contributed by atoms with Gasteiger partial charge in [-0.1, -0.05) is 107 Å². The van der Waals surface area contributed by atoms with Crippen molar-refractivity contribution in [2.24, 2.45) is 44.8 Å². The number of rotatable bonds is 26. The first-order chi connectivity index (χ1) is 45.6. The molecule has 0 radical (unpaired) electrons. The molecule has 4 aliphatic heterocycles. The number of nitrogens with one attached hydrogen (secondary N) is 6. The van der Waals surface area contributed by atoms with E-state index in [2.05, 4.69) is 41.9 Å². The Balaban J connectivity index is 0.928. The number of hydrogen-bond donors (Lipinski definition) is 10. The normalized spacial score (nSPS) is 16.8. The Morgan fingerprint density at radius 2 is 0.979 bits per heavy atom. The lowest BCUT2D eigenvalue weighted by molar-refractivity contribution is -0.141. The van der Waals surface area contributed by atoms with Gasteiger partial charge in [0.2, 0.25) is 35.4 Å². The summed E-state index contributed by atoms with van der Waals surface area (Å²) in [6, 6.07) is 28.2. The van der Waals surface area contributed by atoms with Crippen molar-refractivity contribution < 1.29 is 62.1 Å². The standard InChI is InChI=1S/C68H82N14O13/c1-39(2)55(79-66(90)92-37-41-17-7-5-8-18-41)61(87)81-33-15-25-51(81)59(85)77-49(23-13-31-73-64(69)70)57(83)75-43-27-29-47-53(35-43)94-54-36-44(28-30-48(54)68(47)46-22-12-11-21-45(46)63(89)95-68)76-58(84)50(24-14-32-74-65(71)72)78-60(86)52-26-16-34-82(52)62(88)56(40(3)4)80-67(91)93-38-42-19-9-6-10-20-42/h5-12,17-22,27-30,35-36,39-40,49-52,55-56H,13-16,23-26,31-34,37-38H2,1-4H3,(H,75,83)(H,76,84)(H,77,85)(H,78,86)(H,79,90)(H,80,91)(H4,69,70,73)(H4,71,72,74)/t49-,50-,51-,52-,55-,56-/m0/s1. The fourth-order valence-electron chi connectivity index (χ4n) is 12.1. The third-order valence-electron chi connectivity index (χ3n) is 16.9. The van der Waals surface area contributed by atoms with Crippen molar-refractivity contribution in [1.29, 1.82) is 0 Å². The number of nitrogens with zero attached hydrogens (tertiary/aromatic N) is 4. The largest absolute Gasteiger partial charge is 0.456 e. The molecule has 0 aliphatic carbocycles. The molecule has 2 fully saturated rings. The number of carbonyl (C=O) groups excluding carboxylic acids is 9.